The zero-order chi connectivity index (χ0) is 32.8. The lowest BCUT2D eigenvalue weighted by atomic mass is 9.94. The van der Waals surface area contributed by atoms with Crippen LogP contribution in [0.3, 0.4) is 0 Å². The standard InChI is InChI=1S/C17H22F3NO3.C8H7F3O.C5H10O2/c1-11-7-13(9-23-10-15(21-2)16(22)24-11)8-12-3-5-14(6-4-12)17(18,19)20;1-6-2-4-7(5-3-6)12-8(9,10)11;1-5(2,3)7-4-6/h3-6,11,13,15,21H,7-10H2,1-2H3;2-5H,1H3;4H,1-3H3/t11?,13?,15-;;/m0../s1. The van der Waals surface area contributed by atoms with Gasteiger partial charge < -0.3 is 24.3 Å². The van der Waals surface area contributed by atoms with E-state index in [1.165, 1.54) is 24.3 Å². The van der Waals surface area contributed by atoms with E-state index in [2.05, 4.69) is 14.8 Å². The molecular weight excluding hydrogens is 584 g/mol. The van der Waals surface area contributed by atoms with E-state index >= 15 is 0 Å². The molecule has 0 amide bonds. The second kappa shape index (κ2) is 17.1. The Bertz CT molecular complexity index is 1100. The molecule has 0 spiro atoms. The van der Waals surface area contributed by atoms with Crippen LogP contribution in [0.4, 0.5) is 26.3 Å². The molecular formula is C30H39F6NO6. The minimum atomic E-state index is -4.60. The highest BCUT2D eigenvalue weighted by molar-refractivity contribution is 5.76. The zero-order valence-electron chi connectivity index (χ0n) is 25.0. The van der Waals surface area contributed by atoms with Crippen LogP contribution < -0.4 is 10.1 Å². The van der Waals surface area contributed by atoms with E-state index < -0.39 is 24.1 Å². The molecule has 0 aromatic heterocycles. The van der Waals surface area contributed by atoms with Gasteiger partial charge in [-0.3, -0.25) is 9.59 Å². The summed E-state index contributed by atoms with van der Waals surface area (Å²) in [7, 11) is 1.66. The van der Waals surface area contributed by atoms with Gasteiger partial charge in [-0.05, 0) is 90.3 Å². The monoisotopic (exact) mass is 623 g/mol. The SMILES string of the molecule is CC(C)(C)OC=O.CN[C@H]1COCC(Cc2ccc(C(F)(F)F)cc2)CC(C)OC1=O.Cc1ccc(OC(F)(F)F)cc1. The van der Waals surface area contributed by atoms with Crippen LogP contribution in [0.5, 0.6) is 5.75 Å². The molecule has 0 radical (unpaired) electrons. The number of hydrogen-bond acceptors (Lipinski definition) is 7. The van der Waals surface area contributed by atoms with E-state index in [0.29, 0.717) is 25.9 Å². The summed E-state index contributed by atoms with van der Waals surface area (Å²) in [5.41, 5.74) is 0.724. The highest BCUT2D eigenvalue weighted by Gasteiger charge is 2.31. The maximum absolute atomic E-state index is 12.6. The maximum Gasteiger partial charge on any atom is 0.573 e. The van der Waals surface area contributed by atoms with Gasteiger partial charge in [0.05, 0.1) is 18.3 Å². The normalized spacial score (nSPS) is 19.5. The van der Waals surface area contributed by atoms with E-state index in [1.54, 1.807) is 26.1 Å². The number of ether oxygens (including phenoxy) is 4. The molecule has 0 saturated carbocycles. The summed E-state index contributed by atoms with van der Waals surface area (Å²) in [5, 5.41) is 2.85. The number of cyclic esters (lactones) is 1. The number of nitrogens with one attached hydrogen (secondary N) is 1. The molecule has 3 rings (SSSR count). The van der Waals surface area contributed by atoms with E-state index in [0.717, 1.165) is 23.3 Å². The Hall–Kier alpha value is -3.32. The van der Waals surface area contributed by atoms with Crippen molar-refractivity contribution < 1.29 is 54.9 Å². The van der Waals surface area contributed by atoms with Crippen molar-refractivity contribution in [2.24, 2.45) is 5.92 Å². The summed E-state index contributed by atoms with van der Waals surface area (Å²) < 4.78 is 91.9. The molecule has 2 aromatic carbocycles. The van der Waals surface area contributed by atoms with Crippen molar-refractivity contribution in [3.63, 3.8) is 0 Å². The van der Waals surface area contributed by atoms with Gasteiger partial charge in [-0.2, -0.15) is 13.2 Å². The number of carbonyl (C=O) groups excluding carboxylic acids is 2. The number of likely N-dealkylation sites (N-methyl/N-ethyl adjacent to an activating group) is 1. The Morgan fingerprint density at radius 1 is 0.953 bits per heavy atom. The van der Waals surface area contributed by atoms with Crippen LogP contribution in [0.25, 0.3) is 0 Å². The summed E-state index contributed by atoms with van der Waals surface area (Å²) in [4.78, 5) is 21.5. The lowest BCUT2D eigenvalue weighted by molar-refractivity contribution is -0.274. The van der Waals surface area contributed by atoms with Crippen molar-refractivity contribution in [3.05, 3.63) is 65.2 Å². The molecule has 2 unspecified atom stereocenters. The van der Waals surface area contributed by atoms with E-state index in [1.807, 2.05) is 27.7 Å². The van der Waals surface area contributed by atoms with Gasteiger partial charge in [0.2, 0.25) is 0 Å². The Morgan fingerprint density at radius 2 is 1.53 bits per heavy atom. The van der Waals surface area contributed by atoms with Crippen molar-refractivity contribution in [2.45, 2.75) is 77.7 Å². The van der Waals surface area contributed by atoms with Crippen LogP contribution in [-0.2, 0) is 36.4 Å². The van der Waals surface area contributed by atoms with Crippen molar-refractivity contribution in [1.29, 1.82) is 0 Å². The van der Waals surface area contributed by atoms with Gasteiger partial charge in [0.15, 0.2) is 0 Å². The fraction of sp³-hybridized carbons (Fsp3) is 0.533. The van der Waals surface area contributed by atoms with Gasteiger partial charge in [-0.15, -0.1) is 13.2 Å². The summed E-state index contributed by atoms with van der Waals surface area (Å²) in [6.45, 7) is 10.2. The first-order valence-electron chi connectivity index (χ1n) is 13.4. The molecule has 7 nitrogen and oxygen atoms in total. The topological polar surface area (TPSA) is 83.1 Å². The average Bonchev–Trinajstić information content (AvgIpc) is 2.93. The second-order valence-electron chi connectivity index (χ2n) is 10.8. The number of rotatable bonds is 5. The van der Waals surface area contributed by atoms with Crippen LogP contribution in [0, 0.1) is 12.8 Å². The molecule has 1 heterocycles. The second-order valence-corrected chi connectivity index (χ2v) is 10.8. The molecule has 3 atom stereocenters. The molecule has 13 heteroatoms. The predicted octanol–water partition coefficient (Wildman–Crippen LogP) is 6.66. The van der Waals surface area contributed by atoms with Crippen LogP contribution in [-0.4, -0.2) is 56.8 Å². The Labute approximate surface area is 247 Å². The van der Waals surface area contributed by atoms with Gasteiger partial charge in [-0.25, -0.2) is 0 Å². The third kappa shape index (κ3) is 16.8. The van der Waals surface area contributed by atoms with Crippen molar-refractivity contribution in [3.8, 4) is 5.75 Å². The number of carbonyl (C=O) groups is 2. The molecule has 242 valence electrons. The van der Waals surface area contributed by atoms with Gasteiger partial charge >= 0.3 is 18.5 Å². The van der Waals surface area contributed by atoms with Gasteiger partial charge in [-0.1, -0.05) is 29.8 Å². The first-order valence-corrected chi connectivity index (χ1v) is 13.4. The molecule has 1 N–H and O–H groups in total. The summed E-state index contributed by atoms with van der Waals surface area (Å²) >= 11 is 0. The molecule has 0 aliphatic carbocycles. The third-order valence-electron chi connectivity index (χ3n) is 5.72. The van der Waals surface area contributed by atoms with E-state index in [9.17, 15) is 35.9 Å². The summed E-state index contributed by atoms with van der Waals surface area (Å²) in [6, 6.07) is 10.3. The molecule has 0 bridgehead atoms. The lowest BCUT2D eigenvalue weighted by Crippen LogP contribution is -2.40. The molecule has 1 saturated heterocycles. The fourth-order valence-corrected chi connectivity index (χ4v) is 3.68. The predicted molar refractivity (Wildman–Crippen MR) is 147 cm³/mol. The number of benzene rings is 2. The summed E-state index contributed by atoms with van der Waals surface area (Å²) in [5.74, 6) is -0.464. The Morgan fingerprint density at radius 3 is 1.98 bits per heavy atom. The average molecular weight is 624 g/mol. The van der Waals surface area contributed by atoms with Crippen molar-refractivity contribution >= 4 is 12.4 Å². The van der Waals surface area contributed by atoms with E-state index in [-0.39, 0.29) is 35.9 Å². The smallest absolute Gasteiger partial charge is 0.462 e. The molecule has 1 aliphatic rings. The minimum absolute atomic E-state index is 0.0696. The quantitative estimate of drug-likeness (QED) is 0.227. The molecule has 2 aromatic rings. The minimum Gasteiger partial charge on any atom is -0.462 e. The van der Waals surface area contributed by atoms with Gasteiger partial charge in [0.25, 0.3) is 6.47 Å². The van der Waals surface area contributed by atoms with Crippen LogP contribution in [0.15, 0.2) is 48.5 Å². The first-order chi connectivity index (χ1) is 19.8. The fourth-order valence-electron chi connectivity index (χ4n) is 3.68. The summed E-state index contributed by atoms with van der Waals surface area (Å²) in [6.07, 6.45) is -8.03. The number of alkyl halides is 6. The Balaban J connectivity index is 0.000000402. The van der Waals surface area contributed by atoms with Gasteiger partial charge in [0.1, 0.15) is 17.4 Å². The van der Waals surface area contributed by atoms with E-state index in [4.69, 9.17) is 9.47 Å². The Kier molecular flexibility index (Phi) is 15.0. The third-order valence-corrected chi connectivity index (χ3v) is 5.72. The van der Waals surface area contributed by atoms with Crippen molar-refractivity contribution in [2.75, 3.05) is 20.3 Å². The number of esters is 1. The van der Waals surface area contributed by atoms with Crippen LogP contribution in [0.2, 0.25) is 0 Å². The lowest BCUT2D eigenvalue weighted by Gasteiger charge is -2.19. The highest BCUT2D eigenvalue weighted by Crippen LogP contribution is 2.30. The van der Waals surface area contributed by atoms with Gasteiger partial charge in [0, 0.05) is 6.61 Å². The van der Waals surface area contributed by atoms with Crippen LogP contribution >= 0.6 is 0 Å². The largest absolute Gasteiger partial charge is 0.573 e. The highest BCUT2D eigenvalue weighted by atomic mass is 19.4. The number of aryl methyl sites for hydroxylation is 1. The molecule has 1 fully saturated rings. The first kappa shape index (κ1) is 37.7. The molecule has 43 heavy (non-hydrogen) atoms. The number of hydrogen-bond donors (Lipinski definition) is 1. The maximum atomic E-state index is 12.6. The molecule has 1 aliphatic heterocycles. The van der Waals surface area contributed by atoms with Crippen LogP contribution in [0.1, 0.15) is 50.8 Å². The number of halogens is 6. The van der Waals surface area contributed by atoms with Crippen molar-refractivity contribution in [1.82, 2.24) is 5.32 Å². The zero-order valence-corrected chi connectivity index (χ0v) is 25.0.